The fraction of sp³-hybridized carbons (Fsp3) is 0.455. The maximum atomic E-state index is 9.61. The van der Waals surface area contributed by atoms with Crippen molar-refractivity contribution in [3.05, 3.63) is 35.8 Å². The summed E-state index contributed by atoms with van der Waals surface area (Å²) in [5.41, 5.74) is 0.730. The summed E-state index contributed by atoms with van der Waals surface area (Å²) in [5, 5.41) is 18.9. The van der Waals surface area contributed by atoms with Gasteiger partial charge in [-0.15, -0.1) is 0 Å². The zero-order valence-corrected chi connectivity index (χ0v) is 8.64. The molecular formula is C11H17NO2. The summed E-state index contributed by atoms with van der Waals surface area (Å²) in [6.45, 7) is 5.89. The van der Waals surface area contributed by atoms with Crippen LogP contribution in [0.1, 0.15) is 13.8 Å². The van der Waals surface area contributed by atoms with Gasteiger partial charge in [0.15, 0.2) is 0 Å². The van der Waals surface area contributed by atoms with Crippen molar-refractivity contribution in [3.8, 4) is 0 Å². The lowest BCUT2D eigenvalue weighted by molar-refractivity contribution is 0.182. The highest BCUT2D eigenvalue weighted by Gasteiger charge is 2.16. The molecule has 0 aliphatic heterocycles. The van der Waals surface area contributed by atoms with Crippen molar-refractivity contribution in [2.75, 3.05) is 13.1 Å². The van der Waals surface area contributed by atoms with Crippen LogP contribution in [-0.2, 0) is 0 Å². The summed E-state index contributed by atoms with van der Waals surface area (Å²) in [6.07, 6.45) is 6.05. The predicted octanol–water partition coefficient (Wildman–Crippen LogP) is 1.58. The number of aliphatic hydroxyl groups is 2. The summed E-state index contributed by atoms with van der Waals surface area (Å²) in [4.78, 5) is 2.07. The maximum absolute atomic E-state index is 9.61. The van der Waals surface area contributed by atoms with Crippen LogP contribution < -0.4 is 0 Å². The molecule has 0 aromatic carbocycles. The molecule has 1 unspecified atom stereocenters. The Labute approximate surface area is 84.7 Å². The first-order valence-corrected chi connectivity index (χ1v) is 4.90. The minimum Gasteiger partial charge on any atom is -0.509 e. The molecule has 0 bridgehead atoms. The third-order valence-electron chi connectivity index (χ3n) is 2.30. The standard InChI is InChI=1S/C11H17NO2/c1-3-12(4-2)8-9-6-5-7-10(13)11(9)14/h5-8,11,13-14H,3-4H2,1-2H3/b9-8+. The quantitative estimate of drug-likeness (QED) is 0.718. The van der Waals surface area contributed by atoms with Crippen molar-refractivity contribution in [2.45, 2.75) is 20.0 Å². The summed E-state index contributed by atoms with van der Waals surface area (Å²) in [6, 6.07) is 0. The van der Waals surface area contributed by atoms with Gasteiger partial charge in [0, 0.05) is 24.9 Å². The fourth-order valence-corrected chi connectivity index (χ4v) is 1.34. The zero-order chi connectivity index (χ0) is 10.6. The van der Waals surface area contributed by atoms with Gasteiger partial charge in [-0.25, -0.2) is 0 Å². The van der Waals surface area contributed by atoms with Crippen LogP contribution in [0.2, 0.25) is 0 Å². The first-order chi connectivity index (χ1) is 6.69. The molecule has 0 spiro atoms. The number of aliphatic hydroxyl groups excluding tert-OH is 2. The topological polar surface area (TPSA) is 43.7 Å². The molecule has 3 heteroatoms. The number of rotatable bonds is 3. The van der Waals surface area contributed by atoms with Gasteiger partial charge < -0.3 is 15.1 Å². The molecule has 0 heterocycles. The molecule has 14 heavy (non-hydrogen) atoms. The highest BCUT2D eigenvalue weighted by atomic mass is 16.3. The molecule has 1 atom stereocenters. The molecule has 1 rings (SSSR count). The summed E-state index contributed by atoms with van der Waals surface area (Å²) < 4.78 is 0. The van der Waals surface area contributed by atoms with E-state index < -0.39 is 6.10 Å². The summed E-state index contributed by atoms with van der Waals surface area (Å²) in [5.74, 6) is 0.00547. The van der Waals surface area contributed by atoms with Gasteiger partial charge in [0.25, 0.3) is 0 Å². The molecule has 0 radical (unpaired) electrons. The summed E-state index contributed by atoms with van der Waals surface area (Å²) >= 11 is 0. The van der Waals surface area contributed by atoms with Crippen molar-refractivity contribution in [3.63, 3.8) is 0 Å². The first kappa shape index (κ1) is 10.9. The van der Waals surface area contributed by atoms with Gasteiger partial charge >= 0.3 is 0 Å². The Morgan fingerprint density at radius 3 is 2.64 bits per heavy atom. The number of allylic oxidation sites excluding steroid dienone is 2. The molecule has 3 nitrogen and oxygen atoms in total. The molecule has 0 aromatic rings. The minimum atomic E-state index is -0.874. The normalized spacial score (nSPS) is 23.8. The van der Waals surface area contributed by atoms with Crippen molar-refractivity contribution in [1.82, 2.24) is 4.90 Å². The Kier molecular flexibility index (Phi) is 3.77. The third-order valence-corrected chi connectivity index (χ3v) is 2.30. The molecular weight excluding hydrogens is 178 g/mol. The lowest BCUT2D eigenvalue weighted by Crippen LogP contribution is -2.21. The van der Waals surface area contributed by atoms with Crippen molar-refractivity contribution < 1.29 is 10.2 Å². The van der Waals surface area contributed by atoms with E-state index in [4.69, 9.17) is 0 Å². The van der Waals surface area contributed by atoms with Gasteiger partial charge in [-0.3, -0.25) is 0 Å². The zero-order valence-electron chi connectivity index (χ0n) is 8.64. The van der Waals surface area contributed by atoms with Crippen LogP contribution in [0.3, 0.4) is 0 Å². The Morgan fingerprint density at radius 1 is 1.43 bits per heavy atom. The molecule has 0 aromatic heterocycles. The minimum absolute atomic E-state index is 0.00547. The molecule has 0 fully saturated rings. The smallest absolute Gasteiger partial charge is 0.137 e. The van der Waals surface area contributed by atoms with E-state index in [1.165, 1.54) is 6.08 Å². The average Bonchev–Trinajstić information content (AvgIpc) is 2.20. The number of nitrogens with zero attached hydrogens (tertiary/aromatic N) is 1. The van der Waals surface area contributed by atoms with Crippen LogP contribution >= 0.6 is 0 Å². The molecule has 78 valence electrons. The van der Waals surface area contributed by atoms with E-state index in [-0.39, 0.29) is 5.76 Å². The van der Waals surface area contributed by atoms with E-state index in [0.29, 0.717) is 0 Å². The molecule has 1 aliphatic carbocycles. The van der Waals surface area contributed by atoms with Gasteiger partial charge in [-0.05, 0) is 19.9 Å². The third kappa shape index (κ3) is 2.39. The molecule has 0 saturated heterocycles. The van der Waals surface area contributed by atoms with E-state index in [0.717, 1.165) is 18.7 Å². The van der Waals surface area contributed by atoms with E-state index in [9.17, 15) is 10.2 Å². The SMILES string of the molecule is CCN(/C=C1\C=CC=C(O)C1O)CC. The van der Waals surface area contributed by atoms with E-state index in [1.807, 2.05) is 12.3 Å². The largest absolute Gasteiger partial charge is 0.509 e. The van der Waals surface area contributed by atoms with Gasteiger partial charge in [-0.2, -0.15) is 0 Å². The van der Waals surface area contributed by atoms with Crippen LogP contribution in [0, 0.1) is 0 Å². The van der Waals surface area contributed by atoms with Crippen LogP contribution in [0.4, 0.5) is 0 Å². The molecule has 1 aliphatic rings. The van der Waals surface area contributed by atoms with E-state index in [1.54, 1.807) is 6.08 Å². The van der Waals surface area contributed by atoms with Gasteiger partial charge in [0.2, 0.25) is 0 Å². The number of hydrogen-bond donors (Lipinski definition) is 2. The van der Waals surface area contributed by atoms with Crippen LogP contribution in [0.15, 0.2) is 35.8 Å². The Morgan fingerprint density at radius 2 is 2.07 bits per heavy atom. The van der Waals surface area contributed by atoms with Crippen LogP contribution in [-0.4, -0.2) is 34.3 Å². The second-order valence-corrected chi connectivity index (χ2v) is 3.20. The predicted molar refractivity (Wildman–Crippen MR) is 56.9 cm³/mol. The molecule has 0 saturated carbocycles. The average molecular weight is 195 g/mol. The first-order valence-electron chi connectivity index (χ1n) is 4.90. The second-order valence-electron chi connectivity index (χ2n) is 3.20. The van der Waals surface area contributed by atoms with Crippen LogP contribution in [0.25, 0.3) is 0 Å². The van der Waals surface area contributed by atoms with Gasteiger partial charge in [-0.1, -0.05) is 12.2 Å². The van der Waals surface area contributed by atoms with E-state index >= 15 is 0 Å². The van der Waals surface area contributed by atoms with Crippen molar-refractivity contribution in [1.29, 1.82) is 0 Å². The number of hydrogen-bond acceptors (Lipinski definition) is 3. The highest BCUT2D eigenvalue weighted by molar-refractivity contribution is 5.36. The summed E-state index contributed by atoms with van der Waals surface area (Å²) in [7, 11) is 0. The lowest BCUT2D eigenvalue weighted by Gasteiger charge is -2.20. The van der Waals surface area contributed by atoms with Crippen LogP contribution in [0.5, 0.6) is 0 Å². The second kappa shape index (κ2) is 4.86. The Bertz CT molecular complexity index is 275. The molecule has 0 amide bonds. The van der Waals surface area contributed by atoms with Gasteiger partial charge in [0.05, 0.1) is 0 Å². The Balaban J connectivity index is 2.78. The lowest BCUT2D eigenvalue weighted by atomic mass is 10.0. The molecule has 2 N–H and O–H groups in total. The Hall–Kier alpha value is -1.22. The highest BCUT2D eigenvalue weighted by Crippen LogP contribution is 2.17. The van der Waals surface area contributed by atoms with Gasteiger partial charge in [0.1, 0.15) is 11.9 Å². The fourth-order valence-electron chi connectivity index (χ4n) is 1.34. The monoisotopic (exact) mass is 195 g/mol. The van der Waals surface area contributed by atoms with Crippen molar-refractivity contribution >= 4 is 0 Å². The maximum Gasteiger partial charge on any atom is 0.137 e. The van der Waals surface area contributed by atoms with Crippen molar-refractivity contribution in [2.24, 2.45) is 0 Å². The van der Waals surface area contributed by atoms with E-state index in [2.05, 4.69) is 18.7 Å².